The van der Waals surface area contributed by atoms with E-state index in [-0.39, 0.29) is 11.2 Å². The molecule has 1 aromatic heterocycles. The van der Waals surface area contributed by atoms with Crippen LogP contribution in [0, 0.1) is 0 Å². The molecule has 1 saturated heterocycles. The van der Waals surface area contributed by atoms with Gasteiger partial charge < -0.3 is 18.6 Å². The number of aryl methyl sites for hydroxylation is 1. The molecule has 0 radical (unpaired) electrons. The van der Waals surface area contributed by atoms with Gasteiger partial charge in [0.25, 0.3) is 0 Å². The number of methoxy groups -OCH3 is 1. The summed E-state index contributed by atoms with van der Waals surface area (Å²) in [6.07, 6.45) is 1.95. The quantitative estimate of drug-likeness (QED) is 0.816. The highest BCUT2D eigenvalue weighted by Crippen LogP contribution is 2.36. The summed E-state index contributed by atoms with van der Waals surface area (Å²) in [4.78, 5) is 4.73. The van der Waals surface area contributed by atoms with Crippen LogP contribution in [0.25, 0.3) is 11.4 Å². The molecule has 1 aliphatic heterocycles. The molecule has 0 amide bonds. The topological polar surface area (TPSA) is 45.5 Å². The number of para-hydroxylation sites is 1. The third-order valence-electron chi connectivity index (χ3n) is 4.74. The highest BCUT2D eigenvalue weighted by Gasteiger charge is 2.52. The monoisotopic (exact) mass is 314 g/mol. The van der Waals surface area contributed by atoms with Crippen LogP contribution < -0.4 is 10.3 Å². The molecule has 1 fully saturated rings. The van der Waals surface area contributed by atoms with E-state index in [9.17, 15) is 0 Å². The maximum atomic E-state index is 6.08. The third-order valence-corrected chi connectivity index (χ3v) is 4.74. The minimum absolute atomic E-state index is 0.375. The fraction of sp³-hybridized carbons (Fsp3) is 0.471. The Bertz CT molecular complexity index is 708. The lowest BCUT2D eigenvalue weighted by molar-refractivity contribution is 0.00578. The average Bonchev–Trinajstić information content (AvgIpc) is 2.96. The molecule has 0 N–H and O–H groups in total. The van der Waals surface area contributed by atoms with E-state index in [4.69, 9.17) is 19.0 Å². The summed E-state index contributed by atoms with van der Waals surface area (Å²) >= 11 is 0. The van der Waals surface area contributed by atoms with E-state index >= 15 is 0 Å². The van der Waals surface area contributed by atoms with Gasteiger partial charge in [0.15, 0.2) is 0 Å². The molecular formula is C17H23BN2O3. The molecule has 6 heteroatoms. The molecule has 0 aliphatic carbocycles. The molecular weight excluding hydrogens is 291 g/mol. The lowest BCUT2D eigenvalue weighted by Gasteiger charge is -2.32. The van der Waals surface area contributed by atoms with Crippen molar-refractivity contribution in [2.75, 3.05) is 7.11 Å². The maximum absolute atomic E-state index is 6.08. The maximum Gasteiger partial charge on any atom is 0.516 e. The molecule has 0 spiro atoms. The first-order chi connectivity index (χ1) is 10.7. The van der Waals surface area contributed by atoms with Crippen molar-refractivity contribution >= 4 is 12.7 Å². The molecule has 0 unspecified atom stereocenters. The van der Waals surface area contributed by atoms with Crippen LogP contribution in [0.5, 0.6) is 5.75 Å². The SMILES string of the molecule is COc1ccccc1-c1nc(B2OC(C)(C)C(C)(C)O2)cn1C. The van der Waals surface area contributed by atoms with Crippen LogP contribution in [0.1, 0.15) is 27.7 Å². The van der Waals surface area contributed by atoms with Gasteiger partial charge in [-0.3, -0.25) is 0 Å². The third kappa shape index (κ3) is 2.66. The molecule has 23 heavy (non-hydrogen) atoms. The Morgan fingerprint density at radius 2 is 1.70 bits per heavy atom. The van der Waals surface area contributed by atoms with Crippen molar-refractivity contribution < 1.29 is 14.0 Å². The van der Waals surface area contributed by atoms with Crippen molar-refractivity contribution in [1.82, 2.24) is 9.55 Å². The van der Waals surface area contributed by atoms with Gasteiger partial charge in [-0.2, -0.15) is 0 Å². The van der Waals surface area contributed by atoms with Gasteiger partial charge in [0.05, 0.1) is 29.5 Å². The Kier molecular flexibility index (Phi) is 3.77. The Morgan fingerprint density at radius 3 is 2.30 bits per heavy atom. The van der Waals surface area contributed by atoms with Crippen molar-refractivity contribution in [2.45, 2.75) is 38.9 Å². The second-order valence-electron chi connectivity index (χ2n) is 6.89. The number of imidazole rings is 1. The molecule has 0 saturated carbocycles. The summed E-state index contributed by atoms with van der Waals surface area (Å²) in [7, 11) is 3.16. The van der Waals surface area contributed by atoms with Crippen molar-refractivity contribution in [2.24, 2.45) is 7.05 Å². The van der Waals surface area contributed by atoms with E-state index in [1.807, 2.05) is 69.8 Å². The summed E-state index contributed by atoms with van der Waals surface area (Å²) in [5.74, 6) is 1.62. The fourth-order valence-electron chi connectivity index (χ4n) is 2.65. The number of nitrogens with zero attached hydrogens (tertiary/aromatic N) is 2. The number of aromatic nitrogens is 2. The Hall–Kier alpha value is -1.79. The summed E-state index contributed by atoms with van der Waals surface area (Å²) in [5, 5.41) is 0. The zero-order chi connectivity index (χ0) is 16.8. The van der Waals surface area contributed by atoms with E-state index in [0.717, 1.165) is 22.7 Å². The van der Waals surface area contributed by atoms with E-state index in [0.29, 0.717) is 0 Å². The lowest BCUT2D eigenvalue weighted by atomic mass is 9.86. The highest BCUT2D eigenvalue weighted by molar-refractivity contribution is 6.61. The summed E-state index contributed by atoms with van der Waals surface area (Å²) in [5.41, 5.74) is 0.965. The van der Waals surface area contributed by atoms with E-state index in [1.54, 1.807) is 7.11 Å². The zero-order valence-corrected chi connectivity index (χ0v) is 14.6. The van der Waals surface area contributed by atoms with Crippen molar-refractivity contribution in [3.8, 4) is 17.1 Å². The van der Waals surface area contributed by atoms with E-state index < -0.39 is 7.12 Å². The predicted molar refractivity (Wildman–Crippen MR) is 90.9 cm³/mol. The normalized spacial score (nSPS) is 19.1. The number of benzene rings is 1. The lowest BCUT2D eigenvalue weighted by Crippen LogP contribution is -2.41. The molecule has 1 aliphatic rings. The fourth-order valence-corrected chi connectivity index (χ4v) is 2.65. The summed E-state index contributed by atoms with van der Waals surface area (Å²) in [6.45, 7) is 8.16. The Labute approximate surface area is 137 Å². The standard InChI is InChI=1S/C17H23BN2O3/c1-16(2)17(3,4)23-18(22-16)14-11-20(5)15(19-14)12-9-7-8-10-13(12)21-6/h7-11H,1-6H3. The number of hydrogen-bond donors (Lipinski definition) is 0. The van der Waals surface area contributed by atoms with Gasteiger partial charge in [0, 0.05) is 13.2 Å². The smallest absolute Gasteiger partial charge is 0.496 e. The van der Waals surface area contributed by atoms with Gasteiger partial charge in [-0.05, 0) is 39.8 Å². The molecule has 2 heterocycles. The van der Waals surface area contributed by atoms with Gasteiger partial charge in [-0.15, -0.1) is 0 Å². The van der Waals surface area contributed by atoms with Gasteiger partial charge in [0.2, 0.25) is 0 Å². The highest BCUT2D eigenvalue weighted by atomic mass is 16.7. The van der Waals surface area contributed by atoms with Crippen LogP contribution in [-0.2, 0) is 16.4 Å². The molecule has 3 rings (SSSR count). The van der Waals surface area contributed by atoms with E-state index in [1.165, 1.54) is 0 Å². The summed E-state index contributed by atoms with van der Waals surface area (Å²) in [6, 6.07) is 7.84. The van der Waals surface area contributed by atoms with Crippen LogP contribution in [0.2, 0.25) is 0 Å². The molecule has 5 nitrogen and oxygen atoms in total. The Balaban J connectivity index is 1.97. The van der Waals surface area contributed by atoms with Crippen LogP contribution in [-0.4, -0.2) is 35.0 Å². The van der Waals surface area contributed by atoms with Gasteiger partial charge in [-0.25, -0.2) is 4.98 Å². The molecule has 1 aromatic carbocycles. The number of rotatable bonds is 3. The Morgan fingerprint density at radius 1 is 1.09 bits per heavy atom. The number of ether oxygens (including phenoxy) is 1. The molecule has 2 aromatic rings. The van der Waals surface area contributed by atoms with Gasteiger partial charge in [0.1, 0.15) is 11.6 Å². The minimum Gasteiger partial charge on any atom is -0.496 e. The largest absolute Gasteiger partial charge is 0.516 e. The van der Waals surface area contributed by atoms with Crippen LogP contribution in [0.15, 0.2) is 30.5 Å². The predicted octanol–water partition coefficient (Wildman–Crippen LogP) is 2.39. The minimum atomic E-state index is -0.463. The van der Waals surface area contributed by atoms with Gasteiger partial charge in [-0.1, -0.05) is 12.1 Å². The number of hydrogen-bond acceptors (Lipinski definition) is 4. The van der Waals surface area contributed by atoms with Gasteiger partial charge >= 0.3 is 7.12 Å². The zero-order valence-electron chi connectivity index (χ0n) is 14.6. The first kappa shape index (κ1) is 16.1. The molecule has 0 bridgehead atoms. The van der Waals surface area contributed by atoms with Crippen molar-refractivity contribution in [3.63, 3.8) is 0 Å². The first-order valence-corrected chi connectivity index (χ1v) is 7.77. The average molecular weight is 314 g/mol. The second kappa shape index (κ2) is 5.39. The van der Waals surface area contributed by atoms with Crippen LogP contribution in [0.3, 0.4) is 0 Å². The van der Waals surface area contributed by atoms with Crippen LogP contribution >= 0.6 is 0 Å². The van der Waals surface area contributed by atoms with Crippen molar-refractivity contribution in [3.05, 3.63) is 30.5 Å². The second-order valence-corrected chi connectivity index (χ2v) is 6.89. The van der Waals surface area contributed by atoms with E-state index in [2.05, 4.69) is 0 Å². The first-order valence-electron chi connectivity index (χ1n) is 7.77. The molecule has 122 valence electrons. The van der Waals surface area contributed by atoms with Crippen molar-refractivity contribution in [1.29, 1.82) is 0 Å². The summed E-state index contributed by atoms with van der Waals surface area (Å²) < 4.78 is 19.6. The van der Waals surface area contributed by atoms with Crippen LogP contribution in [0.4, 0.5) is 0 Å². The molecule has 0 atom stereocenters.